The highest BCUT2D eigenvalue weighted by molar-refractivity contribution is 5.81. The molecular formula is C14H23N3O2. The number of amides is 1. The maximum atomic E-state index is 12.0. The average Bonchev–Trinajstić information content (AvgIpc) is 2.26. The van der Waals surface area contributed by atoms with Crippen LogP contribution in [0.3, 0.4) is 0 Å². The van der Waals surface area contributed by atoms with Crippen LogP contribution in [0.2, 0.25) is 0 Å². The number of anilines is 1. The van der Waals surface area contributed by atoms with E-state index in [-0.39, 0.29) is 17.9 Å². The number of nitrogens with one attached hydrogen (secondary N) is 3. The zero-order chi connectivity index (χ0) is 14.6. The standard InChI is InChI=1S/C14H23N3O2/c1-6-15-12-10(11(18)7-9(2)17-12)8-16-13(19)14(3,4)5/h7H,6,8H2,1-5H3,(H,16,19)(H2,15,17,18). The van der Waals surface area contributed by atoms with Crippen molar-refractivity contribution in [3.63, 3.8) is 0 Å². The smallest absolute Gasteiger partial charge is 0.225 e. The Hall–Kier alpha value is -1.78. The number of aromatic amines is 1. The fourth-order valence-corrected chi connectivity index (χ4v) is 1.65. The molecule has 5 heteroatoms. The van der Waals surface area contributed by atoms with Crippen molar-refractivity contribution < 1.29 is 4.79 Å². The van der Waals surface area contributed by atoms with Crippen molar-refractivity contribution in [1.29, 1.82) is 0 Å². The number of H-pyrrole nitrogens is 1. The zero-order valence-corrected chi connectivity index (χ0v) is 12.3. The molecule has 106 valence electrons. The van der Waals surface area contributed by atoms with E-state index in [9.17, 15) is 9.59 Å². The third-order valence-electron chi connectivity index (χ3n) is 2.73. The molecule has 0 saturated carbocycles. The summed E-state index contributed by atoms with van der Waals surface area (Å²) in [5, 5.41) is 5.91. The lowest BCUT2D eigenvalue weighted by molar-refractivity contribution is -0.128. The second-order valence-electron chi connectivity index (χ2n) is 5.63. The summed E-state index contributed by atoms with van der Waals surface area (Å²) in [5.74, 6) is 0.608. The summed E-state index contributed by atoms with van der Waals surface area (Å²) in [4.78, 5) is 26.9. The van der Waals surface area contributed by atoms with Gasteiger partial charge in [-0.3, -0.25) is 9.59 Å². The predicted molar refractivity (Wildman–Crippen MR) is 77.3 cm³/mol. The predicted octanol–water partition coefficient (Wildman–Crippen LogP) is 1.78. The Balaban J connectivity index is 2.94. The number of carbonyl (C=O) groups excluding carboxylic acids is 1. The molecule has 1 amide bonds. The molecule has 0 saturated heterocycles. The summed E-state index contributed by atoms with van der Waals surface area (Å²) in [6.07, 6.45) is 0. The molecule has 1 aromatic heterocycles. The molecule has 5 nitrogen and oxygen atoms in total. The zero-order valence-electron chi connectivity index (χ0n) is 12.3. The summed E-state index contributed by atoms with van der Waals surface area (Å²) in [5.41, 5.74) is 0.828. The second-order valence-corrected chi connectivity index (χ2v) is 5.63. The van der Waals surface area contributed by atoms with Crippen molar-refractivity contribution in [2.75, 3.05) is 11.9 Å². The number of carbonyl (C=O) groups is 1. The van der Waals surface area contributed by atoms with Crippen LogP contribution in [0.15, 0.2) is 10.9 Å². The van der Waals surface area contributed by atoms with Crippen molar-refractivity contribution in [1.82, 2.24) is 10.3 Å². The summed E-state index contributed by atoms with van der Waals surface area (Å²) in [6.45, 7) is 10.2. The summed E-state index contributed by atoms with van der Waals surface area (Å²) in [6, 6.07) is 1.54. The lowest BCUT2D eigenvalue weighted by atomic mass is 9.95. The molecule has 3 N–H and O–H groups in total. The normalized spacial score (nSPS) is 11.2. The Labute approximate surface area is 113 Å². The highest BCUT2D eigenvalue weighted by atomic mass is 16.2. The Morgan fingerprint density at radius 2 is 2.00 bits per heavy atom. The van der Waals surface area contributed by atoms with Gasteiger partial charge in [-0.1, -0.05) is 20.8 Å². The van der Waals surface area contributed by atoms with E-state index in [0.29, 0.717) is 17.9 Å². The van der Waals surface area contributed by atoms with Crippen molar-refractivity contribution in [3.05, 3.63) is 27.5 Å². The van der Waals surface area contributed by atoms with Crippen LogP contribution in [0.5, 0.6) is 0 Å². The van der Waals surface area contributed by atoms with E-state index < -0.39 is 5.41 Å². The molecule has 0 aliphatic rings. The van der Waals surface area contributed by atoms with Crippen molar-refractivity contribution >= 4 is 11.7 Å². The maximum absolute atomic E-state index is 12.0. The van der Waals surface area contributed by atoms with Crippen LogP contribution < -0.4 is 16.1 Å². The van der Waals surface area contributed by atoms with Gasteiger partial charge in [-0.25, -0.2) is 0 Å². The van der Waals surface area contributed by atoms with Gasteiger partial charge in [-0.2, -0.15) is 0 Å². The molecule has 0 fully saturated rings. The molecule has 1 heterocycles. The van der Waals surface area contributed by atoms with E-state index in [1.54, 1.807) is 6.07 Å². The van der Waals surface area contributed by atoms with Gasteiger partial charge in [-0.15, -0.1) is 0 Å². The first-order valence-electron chi connectivity index (χ1n) is 6.50. The SMILES string of the molecule is CCNc1[nH]c(C)cc(=O)c1CNC(=O)C(C)(C)C. The fourth-order valence-electron chi connectivity index (χ4n) is 1.65. The van der Waals surface area contributed by atoms with Crippen LogP contribution in [0.1, 0.15) is 39.0 Å². The van der Waals surface area contributed by atoms with Crippen molar-refractivity contribution in [3.8, 4) is 0 Å². The molecule has 1 rings (SSSR count). The lowest BCUT2D eigenvalue weighted by Crippen LogP contribution is -2.35. The number of pyridine rings is 1. The second kappa shape index (κ2) is 5.91. The van der Waals surface area contributed by atoms with Gasteiger partial charge in [0.2, 0.25) is 5.91 Å². The highest BCUT2D eigenvalue weighted by Gasteiger charge is 2.21. The lowest BCUT2D eigenvalue weighted by Gasteiger charge is -2.18. The van der Waals surface area contributed by atoms with Gasteiger partial charge in [0.15, 0.2) is 5.43 Å². The first kappa shape index (κ1) is 15.3. The molecule has 0 aliphatic heterocycles. The van der Waals surface area contributed by atoms with E-state index in [2.05, 4.69) is 15.6 Å². The topological polar surface area (TPSA) is 74.0 Å². The van der Waals surface area contributed by atoms with E-state index >= 15 is 0 Å². The van der Waals surface area contributed by atoms with Gasteiger partial charge < -0.3 is 15.6 Å². The number of aryl methyl sites for hydroxylation is 1. The Kier molecular flexibility index (Phi) is 4.75. The number of hydrogen-bond acceptors (Lipinski definition) is 3. The molecule has 19 heavy (non-hydrogen) atoms. The van der Waals surface area contributed by atoms with E-state index in [1.165, 1.54) is 0 Å². The molecular weight excluding hydrogens is 242 g/mol. The van der Waals surface area contributed by atoms with Gasteiger partial charge >= 0.3 is 0 Å². The maximum Gasteiger partial charge on any atom is 0.225 e. The number of rotatable bonds is 4. The third-order valence-corrected chi connectivity index (χ3v) is 2.73. The molecule has 0 atom stereocenters. The minimum absolute atomic E-state index is 0.0681. The van der Waals surface area contributed by atoms with Gasteiger partial charge in [0.1, 0.15) is 5.82 Å². The third kappa shape index (κ3) is 4.12. The molecule has 0 unspecified atom stereocenters. The number of aromatic nitrogens is 1. The first-order chi connectivity index (χ1) is 8.75. The fraction of sp³-hybridized carbons (Fsp3) is 0.571. The largest absolute Gasteiger partial charge is 0.372 e. The van der Waals surface area contributed by atoms with Crippen LogP contribution in [0, 0.1) is 12.3 Å². The van der Waals surface area contributed by atoms with E-state index in [1.807, 2.05) is 34.6 Å². The van der Waals surface area contributed by atoms with Crippen LogP contribution >= 0.6 is 0 Å². The summed E-state index contributed by atoms with van der Waals surface area (Å²) in [7, 11) is 0. The molecule has 0 radical (unpaired) electrons. The van der Waals surface area contributed by atoms with E-state index in [0.717, 1.165) is 5.69 Å². The quantitative estimate of drug-likeness (QED) is 0.777. The minimum Gasteiger partial charge on any atom is -0.372 e. The van der Waals surface area contributed by atoms with Crippen LogP contribution in [0.4, 0.5) is 5.82 Å². The van der Waals surface area contributed by atoms with Crippen LogP contribution in [0.25, 0.3) is 0 Å². The van der Waals surface area contributed by atoms with Gasteiger partial charge in [0.05, 0.1) is 12.1 Å². The van der Waals surface area contributed by atoms with Crippen LogP contribution in [-0.2, 0) is 11.3 Å². The molecule has 0 spiro atoms. The van der Waals surface area contributed by atoms with Gasteiger partial charge in [0.25, 0.3) is 0 Å². The molecule has 0 bridgehead atoms. The summed E-state index contributed by atoms with van der Waals surface area (Å²) < 4.78 is 0. The number of hydrogen-bond donors (Lipinski definition) is 3. The van der Waals surface area contributed by atoms with E-state index in [4.69, 9.17) is 0 Å². The average molecular weight is 265 g/mol. The Morgan fingerprint density at radius 1 is 1.37 bits per heavy atom. The van der Waals surface area contributed by atoms with Gasteiger partial charge in [0, 0.05) is 23.7 Å². The molecule has 0 aromatic carbocycles. The minimum atomic E-state index is -0.462. The van der Waals surface area contributed by atoms with Gasteiger partial charge in [-0.05, 0) is 13.8 Å². The Bertz CT molecular complexity index is 512. The molecule has 1 aromatic rings. The first-order valence-corrected chi connectivity index (χ1v) is 6.50. The van der Waals surface area contributed by atoms with Crippen molar-refractivity contribution in [2.24, 2.45) is 5.41 Å². The monoisotopic (exact) mass is 265 g/mol. The van der Waals surface area contributed by atoms with Crippen LogP contribution in [-0.4, -0.2) is 17.4 Å². The molecule has 0 aliphatic carbocycles. The van der Waals surface area contributed by atoms with Crippen molar-refractivity contribution in [2.45, 2.75) is 41.2 Å². The highest BCUT2D eigenvalue weighted by Crippen LogP contribution is 2.14. The Morgan fingerprint density at radius 3 is 2.53 bits per heavy atom. The summed E-state index contributed by atoms with van der Waals surface area (Å²) >= 11 is 0.